The van der Waals surface area contributed by atoms with Crippen LogP contribution in [-0.4, -0.2) is 11.9 Å². The molecule has 3 aromatic carbocycles. The molecule has 1 N–H and O–H groups in total. The number of anilines is 3. The molecule has 1 aliphatic heterocycles. The maximum atomic E-state index is 12.2. The van der Waals surface area contributed by atoms with Gasteiger partial charge in [0.15, 0.2) is 0 Å². The van der Waals surface area contributed by atoms with Crippen molar-refractivity contribution in [2.75, 3.05) is 10.2 Å². The highest BCUT2D eigenvalue weighted by atomic mass is 16.1. The SMILES string of the molecule is CC1Cc2ccccc2N1c1ccc(NC(=O)Cc2ccccc2)cc1. The molecule has 3 nitrogen and oxygen atoms in total. The van der Waals surface area contributed by atoms with Crippen molar-refractivity contribution in [3.63, 3.8) is 0 Å². The van der Waals surface area contributed by atoms with Crippen LogP contribution in [0.5, 0.6) is 0 Å². The average molecular weight is 342 g/mol. The minimum Gasteiger partial charge on any atom is -0.338 e. The fourth-order valence-corrected chi connectivity index (χ4v) is 3.65. The maximum Gasteiger partial charge on any atom is 0.228 e. The molecule has 3 heteroatoms. The van der Waals surface area contributed by atoms with Gasteiger partial charge in [-0.3, -0.25) is 4.79 Å². The Morgan fingerprint density at radius 1 is 0.962 bits per heavy atom. The van der Waals surface area contributed by atoms with Gasteiger partial charge < -0.3 is 10.2 Å². The Morgan fingerprint density at radius 2 is 1.65 bits per heavy atom. The van der Waals surface area contributed by atoms with E-state index in [-0.39, 0.29) is 5.91 Å². The summed E-state index contributed by atoms with van der Waals surface area (Å²) in [6.07, 6.45) is 1.45. The van der Waals surface area contributed by atoms with Gasteiger partial charge in [0.1, 0.15) is 0 Å². The lowest BCUT2D eigenvalue weighted by Gasteiger charge is -2.25. The number of fused-ring (bicyclic) bond motifs is 1. The van der Waals surface area contributed by atoms with Crippen molar-refractivity contribution in [3.8, 4) is 0 Å². The summed E-state index contributed by atoms with van der Waals surface area (Å²) in [5, 5.41) is 2.98. The predicted octanol–water partition coefficient (Wildman–Crippen LogP) is 4.95. The molecule has 3 aromatic rings. The molecule has 0 fully saturated rings. The average Bonchev–Trinajstić information content (AvgIpc) is 2.99. The monoisotopic (exact) mass is 342 g/mol. The Hall–Kier alpha value is -3.07. The van der Waals surface area contributed by atoms with Gasteiger partial charge in [0.2, 0.25) is 5.91 Å². The van der Waals surface area contributed by atoms with E-state index in [2.05, 4.69) is 53.5 Å². The normalized spacial score (nSPS) is 15.6. The van der Waals surface area contributed by atoms with E-state index in [4.69, 9.17) is 0 Å². The van der Waals surface area contributed by atoms with Gasteiger partial charge in [0.05, 0.1) is 6.42 Å². The Balaban J connectivity index is 1.46. The van der Waals surface area contributed by atoms with Gasteiger partial charge in [-0.05, 0) is 54.8 Å². The number of nitrogens with zero attached hydrogens (tertiary/aromatic N) is 1. The first-order valence-corrected chi connectivity index (χ1v) is 9.02. The van der Waals surface area contributed by atoms with Crippen molar-refractivity contribution in [1.82, 2.24) is 0 Å². The number of amides is 1. The number of nitrogens with one attached hydrogen (secondary N) is 1. The Bertz CT molecular complexity index is 903. The molecule has 0 bridgehead atoms. The quantitative estimate of drug-likeness (QED) is 0.727. The minimum atomic E-state index is 0.00355. The van der Waals surface area contributed by atoms with Crippen LogP contribution in [0.3, 0.4) is 0 Å². The molecule has 0 aromatic heterocycles. The second kappa shape index (κ2) is 7.04. The minimum absolute atomic E-state index is 0.00355. The van der Waals surface area contributed by atoms with E-state index >= 15 is 0 Å². The summed E-state index contributed by atoms with van der Waals surface area (Å²) >= 11 is 0. The zero-order valence-corrected chi connectivity index (χ0v) is 14.9. The van der Waals surface area contributed by atoms with Crippen molar-refractivity contribution in [2.45, 2.75) is 25.8 Å². The van der Waals surface area contributed by atoms with Crippen molar-refractivity contribution >= 4 is 23.0 Å². The van der Waals surface area contributed by atoms with Crippen molar-refractivity contribution in [2.24, 2.45) is 0 Å². The zero-order chi connectivity index (χ0) is 17.9. The third-order valence-electron chi connectivity index (χ3n) is 4.84. The number of rotatable bonds is 4. The van der Waals surface area contributed by atoms with E-state index in [0.717, 1.165) is 23.4 Å². The lowest BCUT2D eigenvalue weighted by molar-refractivity contribution is -0.115. The Kier molecular flexibility index (Phi) is 4.44. The predicted molar refractivity (Wildman–Crippen MR) is 107 cm³/mol. The van der Waals surface area contributed by atoms with E-state index < -0.39 is 0 Å². The summed E-state index contributed by atoms with van der Waals surface area (Å²) in [5.41, 5.74) is 5.67. The summed E-state index contributed by atoms with van der Waals surface area (Å²) in [6.45, 7) is 2.25. The second-order valence-electron chi connectivity index (χ2n) is 6.81. The Labute approximate surface area is 154 Å². The summed E-state index contributed by atoms with van der Waals surface area (Å²) in [4.78, 5) is 14.6. The number of carbonyl (C=O) groups is 1. The third kappa shape index (κ3) is 3.33. The van der Waals surface area contributed by atoms with E-state index in [0.29, 0.717) is 12.5 Å². The molecule has 1 aliphatic rings. The van der Waals surface area contributed by atoms with Crippen LogP contribution in [0, 0.1) is 0 Å². The molecule has 4 rings (SSSR count). The van der Waals surface area contributed by atoms with Crippen LogP contribution in [0.4, 0.5) is 17.1 Å². The topological polar surface area (TPSA) is 32.3 Å². The molecule has 1 unspecified atom stereocenters. The van der Waals surface area contributed by atoms with Crippen LogP contribution >= 0.6 is 0 Å². The molecule has 0 saturated carbocycles. The van der Waals surface area contributed by atoms with Gasteiger partial charge in [-0.2, -0.15) is 0 Å². The van der Waals surface area contributed by atoms with Crippen LogP contribution < -0.4 is 10.2 Å². The van der Waals surface area contributed by atoms with Crippen LogP contribution in [-0.2, 0) is 17.6 Å². The molecule has 0 saturated heterocycles. The highest BCUT2D eigenvalue weighted by molar-refractivity contribution is 5.92. The van der Waals surface area contributed by atoms with Gasteiger partial charge in [-0.15, -0.1) is 0 Å². The lowest BCUT2D eigenvalue weighted by Crippen LogP contribution is -2.23. The molecule has 130 valence electrons. The number of carbonyl (C=O) groups excluding carboxylic acids is 1. The van der Waals surface area contributed by atoms with E-state index in [1.165, 1.54) is 11.3 Å². The molecular weight excluding hydrogens is 320 g/mol. The van der Waals surface area contributed by atoms with Crippen LogP contribution in [0.25, 0.3) is 0 Å². The van der Waals surface area contributed by atoms with Gasteiger partial charge in [-0.25, -0.2) is 0 Å². The molecule has 1 amide bonds. The molecule has 1 atom stereocenters. The van der Waals surface area contributed by atoms with Crippen LogP contribution in [0.15, 0.2) is 78.9 Å². The van der Waals surface area contributed by atoms with E-state index in [1.54, 1.807) is 0 Å². The zero-order valence-electron chi connectivity index (χ0n) is 14.9. The third-order valence-corrected chi connectivity index (χ3v) is 4.84. The maximum absolute atomic E-state index is 12.2. The molecule has 0 radical (unpaired) electrons. The molecular formula is C23H22N2O. The second-order valence-corrected chi connectivity index (χ2v) is 6.81. The highest BCUT2D eigenvalue weighted by Crippen LogP contribution is 2.38. The number of para-hydroxylation sites is 1. The molecule has 1 heterocycles. The van der Waals surface area contributed by atoms with E-state index in [1.807, 2.05) is 42.5 Å². The number of hydrogen-bond donors (Lipinski definition) is 1. The van der Waals surface area contributed by atoms with Crippen LogP contribution in [0.2, 0.25) is 0 Å². The largest absolute Gasteiger partial charge is 0.338 e. The fourth-order valence-electron chi connectivity index (χ4n) is 3.65. The molecule has 0 spiro atoms. The summed E-state index contributed by atoms with van der Waals surface area (Å²) in [6, 6.07) is 26.9. The summed E-state index contributed by atoms with van der Waals surface area (Å²) in [7, 11) is 0. The van der Waals surface area contributed by atoms with Gasteiger partial charge >= 0.3 is 0 Å². The lowest BCUT2D eigenvalue weighted by atomic mass is 10.1. The highest BCUT2D eigenvalue weighted by Gasteiger charge is 2.26. The van der Waals surface area contributed by atoms with Crippen molar-refractivity contribution < 1.29 is 4.79 Å². The van der Waals surface area contributed by atoms with Gasteiger partial charge in [-0.1, -0.05) is 48.5 Å². The number of benzene rings is 3. The summed E-state index contributed by atoms with van der Waals surface area (Å²) in [5.74, 6) is 0.00355. The van der Waals surface area contributed by atoms with Crippen molar-refractivity contribution in [1.29, 1.82) is 0 Å². The van der Waals surface area contributed by atoms with Gasteiger partial charge in [0, 0.05) is 23.1 Å². The van der Waals surface area contributed by atoms with Gasteiger partial charge in [0.25, 0.3) is 0 Å². The Morgan fingerprint density at radius 3 is 2.42 bits per heavy atom. The van der Waals surface area contributed by atoms with Crippen LogP contribution in [0.1, 0.15) is 18.1 Å². The van der Waals surface area contributed by atoms with E-state index in [9.17, 15) is 4.79 Å². The number of hydrogen-bond acceptors (Lipinski definition) is 2. The molecule has 26 heavy (non-hydrogen) atoms. The molecule has 0 aliphatic carbocycles. The fraction of sp³-hybridized carbons (Fsp3) is 0.174. The first-order chi connectivity index (χ1) is 12.7. The first kappa shape index (κ1) is 16.4. The smallest absolute Gasteiger partial charge is 0.228 e. The first-order valence-electron chi connectivity index (χ1n) is 9.02. The summed E-state index contributed by atoms with van der Waals surface area (Å²) < 4.78 is 0. The van der Waals surface area contributed by atoms with Crippen molar-refractivity contribution in [3.05, 3.63) is 90.0 Å². The standard InChI is InChI=1S/C23H22N2O/c1-17-15-19-9-5-6-10-22(19)25(17)21-13-11-20(12-14-21)24-23(26)16-18-7-3-2-4-8-18/h2-14,17H,15-16H2,1H3,(H,24,26).